The molecule has 1 heterocycles. The van der Waals surface area contributed by atoms with Crippen LogP contribution in [0.15, 0.2) is 42.5 Å². The van der Waals surface area contributed by atoms with Crippen molar-refractivity contribution < 1.29 is 23.8 Å². The first-order valence-electron chi connectivity index (χ1n) is 9.32. The van der Waals surface area contributed by atoms with E-state index in [0.717, 1.165) is 25.2 Å². The van der Waals surface area contributed by atoms with Gasteiger partial charge in [0.1, 0.15) is 5.75 Å². The van der Waals surface area contributed by atoms with E-state index in [4.69, 9.17) is 14.2 Å². The van der Waals surface area contributed by atoms with E-state index in [9.17, 15) is 9.59 Å². The van der Waals surface area contributed by atoms with Gasteiger partial charge in [-0.2, -0.15) is 0 Å². The third-order valence-corrected chi connectivity index (χ3v) is 4.71. The van der Waals surface area contributed by atoms with Gasteiger partial charge in [0.2, 0.25) is 6.41 Å². The van der Waals surface area contributed by atoms with Gasteiger partial charge < -0.3 is 29.3 Å². The Morgan fingerprint density at radius 1 is 1.00 bits per heavy atom. The van der Waals surface area contributed by atoms with Crippen molar-refractivity contribution in [2.75, 3.05) is 57.2 Å². The molecule has 1 fully saturated rings. The third kappa shape index (κ3) is 5.10. The predicted molar refractivity (Wildman–Crippen MR) is 110 cm³/mol. The number of anilines is 2. The standard InChI is InChI=1S/C21H25N3O5/c1-27-18-8-7-16(24-11-9-23(15-25)10-12-24)13-17(18)22-21(26)14-29-20-6-4-3-5-19(20)28-2/h3-8,13,15H,9-12,14H2,1-2H3,(H,22,26). The largest absolute Gasteiger partial charge is 0.495 e. The molecule has 8 nitrogen and oxygen atoms in total. The Bertz CT molecular complexity index is 850. The Kier molecular flexibility index (Phi) is 6.78. The highest BCUT2D eigenvalue weighted by atomic mass is 16.5. The van der Waals surface area contributed by atoms with Crippen LogP contribution in [0.5, 0.6) is 17.2 Å². The van der Waals surface area contributed by atoms with Crippen molar-refractivity contribution in [3.05, 3.63) is 42.5 Å². The molecule has 1 N–H and O–H groups in total. The van der Waals surface area contributed by atoms with E-state index in [1.54, 1.807) is 31.3 Å². The first-order chi connectivity index (χ1) is 14.1. The summed E-state index contributed by atoms with van der Waals surface area (Å²) in [6, 6.07) is 12.8. The van der Waals surface area contributed by atoms with Gasteiger partial charge in [-0.1, -0.05) is 12.1 Å². The second kappa shape index (κ2) is 9.68. The molecule has 2 amide bonds. The van der Waals surface area contributed by atoms with E-state index in [-0.39, 0.29) is 12.5 Å². The molecule has 0 aliphatic carbocycles. The first kappa shape index (κ1) is 20.3. The average molecular weight is 399 g/mol. The van der Waals surface area contributed by atoms with Gasteiger partial charge in [-0.15, -0.1) is 0 Å². The summed E-state index contributed by atoms with van der Waals surface area (Å²) in [5.74, 6) is 1.32. The van der Waals surface area contributed by atoms with Gasteiger partial charge >= 0.3 is 0 Å². The summed E-state index contributed by atoms with van der Waals surface area (Å²) in [7, 11) is 3.10. The number of carbonyl (C=O) groups is 2. The van der Waals surface area contributed by atoms with E-state index in [1.165, 1.54) is 0 Å². The van der Waals surface area contributed by atoms with Crippen LogP contribution < -0.4 is 24.4 Å². The van der Waals surface area contributed by atoms with Crippen molar-refractivity contribution in [3.63, 3.8) is 0 Å². The number of nitrogens with zero attached hydrogens (tertiary/aromatic N) is 2. The van der Waals surface area contributed by atoms with Crippen LogP contribution in [-0.4, -0.2) is 64.2 Å². The number of hydrogen-bond acceptors (Lipinski definition) is 6. The number of amides is 2. The van der Waals surface area contributed by atoms with Crippen LogP contribution in [0.3, 0.4) is 0 Å². The number of hydrogen-bond donors (Lipinski definition) is 1. The van der Waals surface area contributed by atoms with Crippen molar-refractivity contribution >= 4 is 23.7 Å². The number of para-hydroxylation sites is 2. The molecule has 0 aromatic heterocycles. The fourth-order valence-corrected chi connectivity index (χ4v) is 3.14. The molecular weight excluding hydrogens is 374 g/mol. The molecule has 0 saturated carbocycles. The number of benzene rings is 2. The molecule has 2 aromatic rings. The number of ether oxygens (including phenoxy) is 3. The minimum Gasteiger partial charge on any atom is -0.495 e. The number of rotatable bonds is 8. The lowest BCUT2D eigenvalue weighted by molar-refractivity contribution is -0.119. The Balaban J connectivity index is 1.65. The lowest BCUT2D eigenvalue weighted by atomic mass is 10.2. The van der Waals surface area contributed by atoms with Gasteiger partial charge in [-0.25, -0.2) is 0 Å². The monoisotopic (exact) mass is 399 g/mol. The zero-order valence-electron chi connectivity index (χ0n) is 16.6. The van der Waals surface area contributed by atoms with Crippen molar-refractivity contribution in [1.82, 2.24) is 4.90 Å². The maximum atomic E-state index is 12.4. The van der Waals surface area contributed by atoms with E-state index >= 15 is 0 Å². The summed E-state index contributed by atoms with van der Waals surface area (Å²) >= 11 is 0. The highest BCUT2D eigenvalue weighted by Gasteiger charge is 2.18. The number of nitrogens with one attached hydrogen (secondary N) is 1. The predicted octanol–water partition coefficient (Wildman–Crippen LogP) is 2.00. The van der Waals surface area contributed by atoms with E-state index in [2.05, 4.69) is 10.2 Å². The molecule has 1 saturated heterocycles. The minimum absolute atomic E-state index is 0.161. The van der Waals surface area contributed by atoms with Crippen LogP contribution in [-0.2, 0) is 9.59 Å². The molecule has 29 heavy (non-hydrogen) atoms. The first-order valence-corrected chi connectivity index (χ1v) is 9.32. The summed E-state index contributed by atoms with van der Waals surface area (Å²) in [5, 5.41) is 2.85. The Morgan fingerprint density at radius 2 is 1.69 bits per heavy atom. The van der Waals surface area contributed by atoms with Crippen molar-refractivity contribution in [1.29, 1.82) is 0 Å². The molecule has 8 heteroatoms. The number of carbonyl (C=O) groups excluding carboxylic acids is 2. The summed E-state index contributed by atoms with van der Waals surface area (Å²) in [4.78, 5) is 27.2. The van der Waals surface area contributed by atoms with Gasteiger partial charge in [-0.05, 0) is 30.3 Å². The van der Waals surface area contributed by atoms with Crippen LogP contribution in [0.25, 0.3) is 0 Å². The Morgan fingerprint density at radius 3 is 2.34 bits per heavy atom. The fourth-order valence-electron chi connectivity index (χ4n) is 3.14. The van der Waals surface area contributed by atoms with E-state index in [0.29, 0.717) is 36.0 Å². The van der Waals surface area contributed by atoms with Gasteiger partial charge in [0.25, 0.3) is 5.91 Å². The lowest BCUT2D eigenvalue weighted by Crippen LogP contribution is -2.45. The molecule has 0 unspecified atom stereocenters. The average Bonchev–Trinajstić information content (AvgIpc) is 2.78. The molecule has 0 bridgehead atoms. The molecule has 1 aliphatic heterocycles. The van der Waals surface area contributed by atoms with Crippen molar-refractivity contribution in [3.8, 4) is 17.2 Å². The normalized spacial score (nSPS) is 13.6. The highest BCUT2D eigenvalue weighted by Crippen LogP contribution is 2.30. The van der Waals surface area contributed by atoms with Crippen molar-refractivity contribution in [2.45, 2.75) is 0 Å². The lowest BCUT2D eigenvalue weighted by Gasteiger charge is -2.34. The zero-order valence-corrected chi connectivity index (χ0v) is 16.6. The minimum atomic E-state index is -0.308. The SMILES string of the molecule is COc1ccc(N2CCN(C=O)CC2)cc1NC(=O)COc1ccccc1OC. The van der Waals surface area contributed by atoms with E-state index in [1.807, 2.05) is 30.3 Å². The Hall–Kier alpha value is -3.42. The molecule has 2 aromatic carbocycles. The van der Waals surface area contributed by atoms with Crippen LogP contribution in [0.4, 0.5) is 11.4 Å². The van der Waals surface area contributed by atoms with Gasteiger partial charge in [-0.3, -0.25) is 9.59 Å². The molecular formula is C21H25N3O5. The van der Waals surface area contributed by atoms with Crippen molar-refractivity contribution in [2.24, 2.45) is 0 Å². The van der Waals surface area contributed by atoms with Gasteiger partial charge in [0.05, 0.1) is 19.9 Å². The second-order valence-corrected chi connectivity index (χ2v) is 6.50. The zero-order chi connectivity index (χ0) is 20.6. The topological polar surface area (TPSA) is 80.3 Å². The van der Waals surface area contributed by atoms with Crippen LogP contribution in [0, 0.1) is 0 Å². The van der Waals surface area contributed by atoms with Crippen LogP contribution in [0.2, 0.25) is 0 Å². The van der Waals surface area contributed by atoms with Gasteiger partial charge in [0.15, 0.2) is 18.1 Å². The maximum Gasteiger partial charge on any atom is 0.262 e. The van der Waals surface area contributed by atoms with Gasteiger partial charge in [0, 0.05) is 31.9 Å². The maximum absolute atomic E-state index is 12.4. The number of methoxy groups -OCH3 is 2. The molecule has 154 valence electrons. The third-order valence-electron chi connectivity index (χ3n) is 4.71. The Labute approximate surface area is 170 Å². The highest BCUT2D eigenvalue weighted by molar-refractivity contribution is 5.94. The second-order valence-electron chi connectivity index (χ2n) is 6.50. The van der Waals surface area contributed by atoms with E-state index < -0.39 is 0 Å². The summed E-state index contributed by atoms with van der Waals surface area (Å²) in [6.07, 6.45) is 0.874. The summed E-state index contributed by atoms with van der Waals surface area (Å²) < 4.78 is 16.2. The number of piperazine rings is 1. The summed E-state index contributed by atoms with van der Waals surface area (Å²) in [6.45, 7) is 2.64. The smallest absolute Gasteiger partial charge is 0.262 e. The molecule has 0 radical (unpaired) electrons. The molecule has 1 aliphatic rings. The molecule has 0 atom stereocenters. The fraction of sp³-hybridized carbons (Fsp3) is 0.333. The molecule has 0 spiro atoms. The molecule has 3 rings (SSSR count). The summed E-state index contributed by atoms with van der Waals surface area (Å²) in [5.41, 5.74) is 1.52. The van der Waals surface area contributed by atoms with Crippen LogP contribution in [0.1, 0.15) is 0 Å². The van der Waals surface area contributed by atoms with Crippen LogP contribution >= 0.6 is 0 Å². The quantitative estimate of drug-likeness (QED) is 0.684.